The van der Waals surface area contributed by atoms with Crippen molar-refractivity contribution in [3.8, 4) is 0 Å². The molecule has 1 aliphatic rings. The molecule has 0 aromatic heterocycles. The van der Waals surface area contributed by atoms with Crippen molar-refractivity contribution in [3.05, 3.63) is 34.9 Å². The van der Waals surface area contributed by atoms with Crippen LogP contribution in [0.4, 0.5) is 0 Å². The molecule has 20 heavy (non-hydrogen) atoms. The van der Waals surface area contributed by atoms with Crippen LogP contribution >= 0.6 is 0 Å². The summed E-state index contributed by atoms with van der Waals surface area (Å²) < 4.78 is 0. The number of likely N-dealkylation sites (tertiary alicyclic amines) is 1. The lowest BCUT2D eigenvalue weighted by Gasteiger charge is -2.36. The Bertz CT molecular complexity index is 471. The van der Waals surface area contributed by atoms with Crippen LogP contribution in [0, 0.1) is 6.92 Å². The van der Waals surface area contributed by atoms with Gasteiger partial charge in [0.05, 0.1) is 0 Å². The normalized spacial score (nSPS) is 20.0. The largest absolute Gasteiger partial charge is 0.366 e. The van der Waals surface area contributed by atoms with Crippen molar-refractivity contribution in [1.29, 1.82) is 0 Å². The zero-order valence-corrected chi connectivity index (χ0v) is 12.3. The lowest BCUT2D eigenvalue weighted by atomic mass is 9.97. The average Bonchev–Trinajstić information content (AvgIpc) is 2.43. The van der Waals surface area contributed by atoms with Crippen molar-refractivity contribution in [1.82, 2.24) is 4.90 Å². The fourth-order valence-corrected chi connectivity index (χ4v) is 3.03. The second-order valence-corrected chi connectivity index (χ2v) is 5.70. The van der Waals surface area contributed by atoms with E-state index in [0.717, 1.165) is 31.6 Å². The number of piperidine rings is 1. The van der Waals surface area contributed by atoms with Crippen LogP contribution in [0.5, 0.6) is 0 Å². The van der Waals surface area contributed by atoms with E-state index >= 15 is 0 Å². The summed E-state index contributed by atoms with van der Waals surface area (Å²) in [5.41, 5.74) is 14.0. The molecule has 110 valence electrons. The van der Waals surface area contributed by atoms with Crippen LogP contribution in [-0.4, -0.2) is 29.9 Å². The molecule has 0 saturated carbocycles. The van der Waals surface area contributed by atoms with Gasteiger partial charge in [-0.2, -0.15) is 0 Å². The van der Waals surface area contributed by atoms with E-state index in [0.29, 0.717) is 11.6 Å². The number of benzene rings is 1. The van der Waals surface area contributed by atoms with Crippen LogP contribution in [0.15, 0.2) is 18.2 Å². The molecule has 0 radical (unpaired) electrons. The summed E-state index contributed by atoms with van der Waals surface area (Å²) in [5, 5.41) is 0. The number of aryl methyl sites for hydroxylation is 1. The number of carbonyl (C=O) groups is 1. The van der Waals surface area contributed by atoms with Crippen LogP contribution < -0.4 is 11.5 Å². The molecule has 1 unspecified atom stereocenters. The van der Waals surface area contributed by atoms with E-state index in [1.165, 1.54) is 24.8 Å². The molecule has 4 nitrogen and oxygen atoms in total. The fourth-order valence-electron chi connectivity index (χ4n) is 3.03. The Morgan fingerprint density at radius 3 is 2.85 bits per heavy atom. The quantitative estimate of drug-likeness (QED) is 0.860. The SMILES string of the molecule is Cc1cc(C(N)=O)ccc1CN1CCCCC1CCN. The van der Waals surface area contributed by atoms with Crippen molar-refractivity contribution >= 4 is 5.91 Å². The molecule has 1 aromatic carbocycles. The smallest absolute Gasteiger partial charge is 0.248 e. The first kappa shape index (κ1) is 15.0. The molecule has 4 N–H and O–H groups in total. The number of hydrogen-bond acceptors (Lipinski definition) is 3. The molecular formula is C16H25N3O. The first-order chi connectivity index (χ1) is 9.61. The molecule has 0 aliphatic carbocycles. The lowest BCUT2D eigenvalue weighted by Crippen LogP contribution is -2.40. The maximum atomic E-state index is 11.2. The number of carbonyl (C=O) groups excluding carboxylic acids is 1. The number of nitrogens with two attached hydrogens (primary N) is 2. The summed E-state index contributed by atoms with van der Waals surface area (Å²) in [6, 6.07) is 6.35. The van der Waals surface area contributed by atoms with Gasteiger partial charge in [-0.05, 0) is 62.5 Å². The molecule has 1 aliphatic heterocycles. The number of hydrogen-bond donors (Lipinski definition) is 2. The number of nitrogens with zero attached hydrogens (tertiary/aromatic N) is 1. The Morgan fingerprint density at radius 1 is 1.40 bits per heavy atom. The highest BCUT2D eigenvalue weighted by atomic mass is 16.1. The van der Waals surface area contributed by atoms with E-state index in [-0.39, 0.29) is 5.91 Å². The standard InChI is InChI=1S/C16H25N3O/c1-12-10-13(16(18)20)5-6-14(12)11-19-9-3-2-4-15(19)7-8-17/h5-6,10,15H,2-4,7-9,11,17H2,1H3,(H2,18,20). The molecule has 4 heteroatoms. The summed E-state index contributed by atoms with van der Waals surface area (Å²) in [6.45, 7) is 4.88. The van der Waals surface area contributed by atoms with Crippen LogP contribution in [0.3, 0.4) is 0 Å². The molecular weight excluding hydrogens is 250 g/mol. The van der Waals surface area contributed by atoms with Gasteiger partial charge in [0.2, 0.25) is 5.91 Å². The minimum absolute atomic E-state index is 0.362. The predicted molar refractivity (Wildman–Crippen MR) is 81.4 cm³/mol. The third-order valence-electron chi connectivity index (χ3n) is 4.25. The van der Waals surface area contributed by atoms with Gasteiger partial charge >= 0.3 is 0 Å². The van der Waals surface area contributed by atoms with Gasteiger partial charge in [0.25, 0.3) is 0 Å². The summed E-state index contributed by atoms with van der Waals surface area (Å²) in [4.78, 5) is 13.7. The number of rotatable bonds is 5. The van der Waals surface area contributed by atoms with Crippen molar-refractivity contribution < 1.29 is 4.79 Å². The highest BCUT2D eigenvalue weighted by molar-refractivity contribution is 5.93. The van der Waals surface area contributed by atoms with Crippen molar-refractivity contribution in [2.75, 3.05) is 13.1 Å². The Balaban J connectivity index is 2.09. The van der Waals surface area contributed by atoms with E-state index in [2.05, 4.69) is 4.90 Å². The zero-order chi connectivity index (χ0) is 14.5. The van der Waals surface area contributed by atoms with Gasteiger partial charge in [0.15, 0.2) is 0 Å². The average molecular weight is 275 g/mol. The monoisotopic (exact) mass is 275 g/mol. The highest BCUT2D eigenvalue weighted by Gasteiger charge is 2.22. The summed E-state index contributed by atoms with van der Waals surface area (Å²) in [5.74, 6) is -0.362. The maximum Gasteiger partial charge on any atom is 0.248 e. The third kappa shape index (κ3) is 3.58. The van der Waals surface area contributed by atoms with Gasteiger partial charge in [0, 0.05) is 18.2 Å². The van der Waals surface area contributed by atoms with Crippen LogP contribution in [0.2, 0.25) is 0 Å². The predicted octanol–water partition coefficient (Wildman–Crippen LogP) is 1.80. The molecule has 0 bridgehead atoms. The topological polar surface area (TPSA) is 72.4 Å². The van der Waals surface area contributed by atoms with Gasteiger partial charge in [-0.3, -0.25) is 9.69 Å². The molecule has 1 atom stereocenters. The molecule has 1 amide bonds. The summed E-state index contributed by atoms with van der Waals surface area (Å²) in [6.07, 6.45) is 4.88. The highest BCUT2D eigenvalue weighted by Crippen LogP contribution is 2.23. The van der Waals surface area contributed by atoms with Crippen molar-refractivity contribution in [2.24, 2.45) is 11.5 Å². The van der Waals surface area contributed by atoms with Gasteiger partial charge in [-0.1, -0.05) is 12.5 Å². The fraction of sp³-hybridized carbons (Fsp3) is 0.562. The third-order valence-corrected chi connectivity index (χ3v) is 4.25. The van der Waals surface area contributed by atoms with Gasteiger partial charge in [-0.15, -0.1) is 0 Å². The van der Waals surface area contributed by atoms with Gasteiger partial charge in [-0.25, -0.2) is 0 Å². The van der Waals surface area contributed by atoms with Gasteiger partial charge in [0.1, 0.15) is 0 Å². The van der Waals surface area contributed by atoms with E-state index in [4.69, 9.17) is 11.5 Å². The summed E-state index contributed by atoms with van der Waals surface area (Å²) >= 11 is 0. The Morgan fingerprint density at radius 2 is 2.20 bits per heavy atom. The lowest BCUT2D eigenvalue weighted by molar-refractivity contribution is 0.1000. The molecule has 1 fully saturated rings. The zero-order valence-electron chi connectivity index (χ0n) is 12.3. The number of primary amides is 1. The second kappa shape index (κ2) is 6.86. The first-order valence-corrected chi connectivity index (χ1v) is 7.45. The van der Waals surface area contributed by atoms with Crippen LogP contribution in [0.1, 0.15) is 47.2 Å². The Labute approximate surface area is 121 Å². The molecule has 1 saturated heterocycles. The first-order valence-electron chi connectivity index (χ1n) is 7.45. The Hall–Kier alpha value is -1.39. The minimum Gasteiger partial charge on any atom is -0.366 e. The second-order valence-electron chi connectivity index (χ2n) is 5.70. The molecule has 1 heterocycles. The van der Waals surface area contributed by atoms with Crippen molar-refractivity contribution in [2.45, 2.75) is 45.2 Å². The Kier molecular flexibility index (Phi) is 5.15. The van der Waals surface area contributed by atoms with E-state index < -0.39 is 0 Å². The van der Waals surface area contributed by atoms with Crippen molar-refractivity contribution in [3.63, 3.8) is 0 Å². The van der Waals surface area contributed by atoms with E-state index in [9.17, 15) is 4.79 Å². The van der Waals surface area contributed by atoms with Crippen LogP contribution in [0.25, 0.3) is 0 Å². The molecule has 0 spiro atoms. The van der Waals surface area contributed by atoms with Crippen LogP contribution in [-0.2, 0) is 6.54 Å². The number of amides is 1. The van der Waals surface area contributed by atoms with E-state index in [1.807, 2.05) is 25.1 Å². The minimum atomic E-state index is -0.362. The summed E-state index contributed by atoms with van der Waals surface area (Å²) in [7, 11) is 0. The van der Waals surface area contributed by atoms with Gasteiger partial charge < -0.3 is 11.5 Å². The van der Waals surface area contributed by atoms with E-state index in [1.54, 1.807) is 0 Å². The maximum absolute atomic E-state index is 11.2. The molecule has 1 aromatic rings. The molecule has 2 rings (SSSR count).